The number of nitrogens with zero attached hydrogens (tertiary/aromatic N) is 2. The Morgan fingerprint density at radius 1 is 1.06 bits per heavy atom. The third-order valence-electron chi connectivity index (χ3n) is 4.07. The van der Waals surface area contributed by atoms with Crippen LogP contribution >= 0.6 is 0 Å². The number of hydrogen-bond donors (Lipinski definition) is 1. The van der Waals surface area contributed by atoms with Gasteiger partial charge in [-0.25, -0.2) is 0 Å². The third-order valence-corrected chi connectivity index (χ3v) is 4.07. The maximum absolute atomic E-state index is 5.36. The molecule has 0 bridgehead atoms. The van der Waals surface area contributed by atoms with Crippen LogP contribution in [0.15, 0.2) is 4.52 Å². The van der Waals surface area contributed by atoms with Gasteiger partial charge in [-0.1, -0.05) is 30.8 Å². The van der Waals surface area contributed by atoms with Crippen molar-refractivity contribution in [1.82, 2.24) is 15.5 Å². The molecule has 0 saturated heterocycles. The fraction of sp³-hybridized carbons (Fsp3) is 0.857. The lowest BCUT2D eigenvalue weighted by atomic mass is 9.97. The van der Waals surface area contributed by atoms with Crippen LogP contribution in [0.25, 0.3) is 0 Å². The fourth-order valence-corrected chi connectivity index (χ4v) is 2.78. The first kappa shape index (κ1) is 12.2. The second-order valence-electron chi connectivity index (χ2n) is 5.82. The van der Waals surface area contributed by atoms with Gasteiger partial charge in [0.2, 0.25) is 5.89 Å². The number of aromatic nitrogens is 2. The zero-order chi connectivity index (χ0) is 12.2. The summed E-state index contributed by atoms with van der Waals surface area (Å²) in [5.74, 6) is 2.43. The van der Waals surface area contributed by atoms with Crippen molar-refractivity contribution in [3.8, 4) is 0 Å². The van der Waals surface area contributed by atoms with E-state index in [1.165, 1.54) is 51.4 Å². The highest BCUT2D eigenvalue weighted by atomic mass is 16.5. The van der Waals surface area contributed by atoms with Gasteiger partial charge in [-0.05, 0) is 31.6 Å². The molecule has 1 heterocycles. The van der Waals surface area contributed by atoms with E-state index in [0.29, 0.717) is 6.04 Å². The summed E-state index contributed by atoms with van der Waals surface area (Å²) in [5.41, 5.74) is 0. The molecule has 2 saturated carbocycles. The maximum atomic E-state index is 5.36. The van der Waals surface area contributed by atoms with E-state index in [0.717, 1.165) is 30.6 Å². The predicted octanol–water partition coefficient (Wildman–Crippen LogP) is 2.83. The maximum Gasteiger partial charge on any atom is 0.226 e. The van der Waals surface area contributed by atoms with E-state index in [4.69, 9.17) is 4.52 Å². The second kappa shape index (κ2) is 5.83. The van der Waals surface area contributed by atoms with Crippen LogP contribution in [-0.4, -0.2) is 16.2 Å². The van der Waals surface area contributed by atoms with Crippen LogP contribution in [0, 0.1) is 5.92 Å². The standard InChI is InChI=1S/C14H23N3O/c1-2-4-6-11(5-3-1)9-14-16-13(17-18-14)10-15-12-7-8-12/h11-12,15H,1-10H2. The van der Waals surface area contributed by atoms with E-state index in [-0.39, 0.29) is 0 Å². The van der Waals surface area contributed by atoms with Gasteiger partial charge in [0.05, 0.1) is 6.54 Å². The van der Waals surface area contributed by atoms with Crippen LogP contribution in [0.5, 0.6) is 0 Å². The Bertz CT molecular complexity index is 365. The molecule has 2 fully saturated rings. The Hall–Kier alpha value is -0.900. The molecule has 18 heavy (non-hydrogen) atoms. The molecule has 0 aromatic carbocycles. The molecule has 2 aliphatic rings. The van der Waals surface area contributed by atoms with Crippen molar-refractivity contribution in [2.24, 2.45) is 5.92 Å². The van der Waals surface area contributed by atoms with Crippen molar-refractivity contribution < 1.29 is 4.52 Å². The Balaban J connectivity index is 1.48. The van der Waals surface area contributed by atoms with Gasteiger partial charge in [0.25, 0.3) is 0 Å². The minimum atomic E-state index is 0.703. The summed E-state index contributed by atoms with van der Waals surface area (Å²) in [6, 6.07) is 0.703. The van der Waals surface area contributed by atoms with E-state index in [1.54, 1.807) is 0 Å². The molecule has 0 amide bonds. The summed E-state index contributed by atoms with van der Waals surface area (Å²) >= 11 is 0. The monoisotopic (exact) mass is 249 g/mol. The summed E-state index contributed by atoms with van der Waals surface area (Å²) in [6.45, 7) is 0.763. The van der Waals surface area contributed by atoms with Crippen LogP contribution in [0.4, 0.5) is 0 Å². The van der Waals surface area contributed by atoms with Crippen LogP contribution < -0.4 is 5.32 Å². The van der Waals surface area contributed by atoms with Crippen LogP contribution in [0.2, 0.25) is 0 Å². The van der Waals surface area contributed by atoms with Crippen molar-refractivity contribution in [3.63, 3.8) is 0 Å². The molecule has 1 N–H and O–H groups in total. The number of nitrogens with one attached hydrogen (secondary N) is 1. The SMILES string of the molecule is C1CCCC(Cc2nc(CNC3CC3)no2)CC1. The molecule has 0 atom stereocenters. The Kier molecular flexibility index (Phi) is 3.93. The van der Waals surface area contributed by atoms with E-state index < -0.39 is 0 Å². The topological polar surface area (TPSA) is 51.0 Å². The summed E-state index contributed by atoms with van der Waals surface area (Å²) in [4.78, 5) is 4.49. The zero-order valence-corrected chi connectivity index (χ0v) is 11.0. The average molecular weight is 249 g/mol. The van der Waals surface area contributed by atoms with Crippen molar-refractivity contribution in [2.75, 3.05) is 0 Å². The van der Waals surface area contributed by atoms with Crippen LogP contribution in [0.1, 0.15) is 63.1 Å². The lowest BCUT2D eigenvalue weighted by Crippen LogP contribution is -2.16. The highest BCUT2D eigenvalue weighted by Crippen LogP contribution is 2.25. The summed E-state index contributed by atoms with van der Waals surface area (Å²) < 4.78 is 5.36. The molecular weight excluding hydrogens is 226 g/mol. The molecule has 1 aromatic heterocycles. The van der Waals surface area contributed by atoms with Crippen LogP contribution in [0.3, 0.4) is 0 Å². The van der Waals surface area contributed by atoms with Gasteiger partial charge in [0.15, 0.2) is 5.82 Å². The van der Waals surface area contributed by atoms with E-state index in [9.17, 15) is 0 Å². The molecule has 0 radical (unpaired) electrons. The van der Waals surface area contributed by atoms with Crippen molar-refractivity contribution in [1.29, 1.82) is 0 Å². The van der Waals surface area contributed by atoms with Gasteiger partial charge in [0.1, 0.15) is 0 Å². The minimum absolute atomic E-state index is 0.703. The van der Waals surface area contributed by atoms with E-state index in [1.807, 2.05) is 0 Å². The van der Waals surface area contributed by atoms with Gasteiger partial charge in [-0.15, -0.1) is 0 Å². The molecule has 2 aliphatic carbocycles. The molecule has 4 heteroatoms. The van der Waals surface area contributed by atoms with E-state index in [2.05, 4.69) is 15.5 Å². The first-order chi connectivity index (χ1) is 8.90. The zero-order valence-electron chi connectivity index (χ0n) is 11.0. The van der Waals surface area contributed by atoms with Gasteiger partial charge < -0.3 is 9.84 Å². The first-order valence-electron chi connectivity index (χ1n) is 7.45. The molecule has 1 aromatic rings. The van der Waals surface area contributed by atoms with Crippen molar-refractivity contribution >= 4 is 0 Å². The Morgan fingerprint density at radius 3 is 2.56 bits per heavy atom. The Morgan fingerprint density at radius 2 is 1.83 bits per heavy atom. The van der Waals surface area contributed by atoms with Crippen molar-refractivity contribution in [3.05, 3.63) is 11.7 Å². The lowest BCUT2D eigenvalue weighted by Gasteiger charge is -2.09. The van der Waals surface area contributed by atoms with Gasteiger partial charge in [0, 0.05) is 12.5 Å². The quantitative estimate of drug-likeness (QED) is 0.815. The normalized spacial score (nSPS) is 22.0. The largest absolute Gasteiger partial charge is 0.339 e. The molecular formula is C14H23N3O. The molecule has 3 rings (SSSR count). The minimum Gasteiger partial charge on any atom is -0.339 e. The van der Waals surface area contributed by atoms with E-state index >= 15 is 0 Å². The fourth-order valence-electron chi connectivity index (χ4n) is 2.78. The predicted molar refractivity (Wildman–Crippen MR) is 69.1 cm³/mol. The summed E-state index contributed by atoms with van der Waals surface area (Å²) in [6.07, 6.45) is 11.8. The molecule has 100 valence electrons. The Labute approximate surface area is 109 Å². The number of rotatable bonds is 5. The third kappa shape index (κ3) is 3.55. The van der Waals surface area contributed by atoms with Crippen molar-refractivity contribution in [2.45, 2.75) is 70.4 Å². The molecule has 0 unspecified atom stereocenters. The molecule has 4 nitrogen and oxygen atoms in total. The number of hydrogen-bond acceptors (Lipinski definition) is 4. The average Bonchev–Trinajstić information content (AvgIpc) is 3.14. The molecule has 0 spiro atoms. The van der Waals surface area contributed by atoms with Gasteiger partial charge in [-0.2, -0.15) is 4.98 Å². The van der Waals surface area contributed by atoms with Gasteiger partial charge in [-0.3, -0.25) is 0 Å². The van der Waals surface area contributed by atoms with Gasteiger partial charge >= 0.3 is 0 Å². The first-order valence-corrected chi connectivity index (χ1v) is 7.45. The smallest absolute Gasteiger partial charge is 0.226 e. The molecule has 0 aliphatic heterocycles. The highest BCUT2D eigenvalue weighted by molar-refractivity contribution is 4.90. The summed E-state index contributed by atoms with van der Waals surface area (Å²) in [7, 11) is 0. The van der Waals surface area contributed by atoms with Crippen LogP contribution in [-0.2, 0) is 13.0 Å². The lowest BCUT2D eigenvalue weighted by molar-refractivity contribution is 0.335. The summed E-state index contributed by atoms with van der Waals surface area (Å²) in [5, 5.41) is 7.47. The highest BCUT2D eigenvalue weighted by Gasteiger charge is 2.21. The second-order valence-corrected chi connectivity index (χ2v) is 5.82.